The Bertz CT molecular complexity index is 485. The van der Waals surface area contributed by atoms with Gasteiger partial charge in [0.15, 0.2) is 0 Å². The van der Waals surface area contributed by atoms with Crippen LogP contribution >= 0.6 is 0 Å². The summed E-state index contributed by atoms with van der Waals surface area (Å²) in [7, 11) is 0. The van der Waals surface area contributed by atoms with Crippen molar-refractivity contribution in [3.8, 4) is 0 Å². The highest BCUT2D eigenvalue weighted by Crippen LogP contribution is 2.06. The SMILES string of the molecule is C=C(C)C[C@@H](NC(=O)c1cccc(F)c1)C(=O)O. The van der Waals surface area contributed by atoms with Crippen LogP contribution in [0.5, 0.6) is 0 Å². The average molecular weight is 251 g/mol. The van der Waals surface area contributed by atoms with Crippen LogP contribution in [0.2, 0.25) is 0 Å². The number of halogens is 1. The van der Waals surface area contributed by atoms with E-state index in [4.69, 9.17) is 5.11 Å². The summed E-state index contributed by atoms with van der Waals surface area (Å²) in [4.78, 5) is 22.7. The number of amides is 1. The van der Waals surface area contributed by atoms with Gasteiger partial charge in [-0.3, -0.25) is 4.79 Å². The van der Waals surface area contributed by atoms with Gasteiger partial charge in [-0.2, -0.15) is 0 Å². The maximum absolute atomic E-state index is 12.9. The number of hydrogen-bond donors (Lipinski definition) is 2. The normalized spacial score (nSPS) is 11.7. The van der Waals surface area contributed by atoms with Gasteiger partial charge in [0.05, 0.1) is 0 Å². The Hall–Kier alpha value is -2.17. The first-order valence-corrected chi connectivity index (χ1v) is 5.33. The van der Waals surface area contributed by atoms with E-state index in [-0.39, 0.29) is 12.0 Å². The molecule has 0 aromatic heterocycles. The lowest BCUT2D eigenvalue weighted by molar-refractivity contribution is -0.139. The van der Waals surface area contributed by atoms with E-state index >= 15 is 0 Å². The van der Waals surface area contributed by atoms with Crippen molar-refractivity contribution in [2.45, 2.75) is 19.4 Å². The fourth-order valence-corrected chi connectivity index (χ4v) is 1.42. The molecule has 1 amide bonds. The summed E-state index contributed by atoms with van der Waals surface area (Å²) in [5, 5.41) is 11.3. The lowest BCUT2D eigenvalue weighted by atomic mass is 10.1. The van der Waals surface area contributed by atoms with Gasteiger partial charge < -0.3 is 10.4 Å². The summed E-state index contributed by atoms with van der Waals surface area (Å²) in [6.07, 6.45) is 0.135. The monoisotopic (exact) mass is 251 g/mol. The minimum absolute atomic E-state index is 0.0861. The first kappa shape index (κ1) is 13.9. The van der Waals surface area contributed by atoms with Gasteiger partial charge >= 0.3 is 5.97 Å². The van der Waals surface area contributed by atoms with Crippen LogP contribution in [-0.4, -0.2) is 23.0 Å². The first-order chi connectivity index (χ1) is 8.40. The molecule has 0 bridgehead atoms. The summed E-state index contributed by atoms with van der Waals surface area (Å²) in [6.45, 7) is 5.27. The Labute approximate surface area is 104 Å². The highest BCUT2D eigenvalue weighted by atomic mass is 19.1. The van der Waals surface area contributed by atoms with E-state index in [9.17, 15) is 14.0 Å². The van der Waals surface area contributed by atoms with Crippen LogP contribution in [0.25, 0.3) is 0 Å². The molecule has 1 atom stereocenters. The lowest BCUT2D eigenvalue weighted by Crippen LogP contribution is -2.40. The molecule has 0 fully saturated rings. The summed E-state index contributed by atoms with van der Waals surface area (Å²) in [5.41, 5.74) is 0.727. The maximum Gasteiger partial charge on any atom is 0.326 e. The van der Waals surface area contributed by atoms with Crippen LogP contribution in [0.15, 0.2) is 36.4 Å². The lowest BCUT2D eigenvalue weighted by Gasteiger charge is -2.14. The number of carbonyl (C=O) groups excluding carboxylic acids is 1. The molecule has 0 saturated heterocycles. The molecule has 0 spiro atoms. The molecular weight excluding hydrogens is 237 g/mol. The van der Waals surface area contributed by atoms with Crippen LogP contribution in [0.3, 0.4) is 0 Å². The van der Waals surface area contributed by atoms with Gasteiger partial charge in [0.25, 0.3) is 5.91 Å². The van der Waals surface area contributed by atoms with Gasteiger partial charge in [-0.25, -0.2) is 9.18 Å². The topological polar surface area (TPSA) is 66.4 Å². The van der Waals surface area contributed by atoms with Crippen LogP contribution in [-0.2, 0) is 4.79 Å². The molecule has 1 aromatic carbocycles. The summed E-state index contributed by atoms with van der Waals surface area (Å²) in [6, 6.07) is 4.00. The third-order valence-corrected chi connectivity index (χ3v) is 2.24. The van der Waals surface area contributed by atoms with E-state index in [1.807, 2.05) is 0 Å². The molecule has 1 aromatic rings. The fraction of sp³-hybridized carbons (Fsp3) is 0.231. The Morgan fingerprint density at radius 1 is 1.50 bits per heavy atom. The first-order valence-electron chi connectivity index (χ1n) is 5.33. The molecule has 0 unspecified atom stereocenters. The molecule has 1 rings (SSSR count). The van der Waals surface area contributed by atoms with Gasteiger partial charge in [-0.1, -0.05) is 11.6 Å². The molecule has 0 radical (unpaired) electrons. The van der Waals surface area contributed by atoms with Crippen molar-refractivity contribution in [1.29, 1.82) is 0 Å². The van der Waals surface area contributed by atoms with E-state index in [0.29, 0.717) is 5.57 Å². The zero-order valence-corrected chi connectivity index (χ0v) is 9.94. The molecule has 4 nitrogen and oxygen atoms in total. The largest absolute Gasteiger partial charge is 0.480 e. The van der Waals surface area contributed by atoms with Crippen molar-refractivity contribution in [2.24, 2.45) is 0 Å². The van der Waals surface area contributed by atoms with Gasteiger partial charge in [0.1, 0.15) is 11.9 Å². The maximum atomic E-state index is 12.9. The number of benzene rings is 1. The van der Waals surface area contributed by atoms with Crippen molar-refractivity contribution in [3.63, 3.8) is 0 Å². The second-order valence-electron chi connectivity index (χ2n) is 4.04. The van der Waals surface area contributed by atoms with Crippen molar-refractivity contribution >= 4 is 11.9 Å². The smallest absolute Gasteiger partial charge is 0.326 e. The molecular formula is C13H14FNO3. The van der Waals surface area contributed by atoms with E-state index in [0.717, 1.165) is 6.07 Å². The molecule has 18 heavy (non-hydrogen) atoms. The standard InChI is InChI=1S/C13H14FNO3/c1-8(2)6-11(13(17)18)15-12(16)9-4-3-5-10(14)7-9/h3-5,7,11H,1,6H2,2H3,(H,15,16)(H,17,18)/t11-/m1/s1. The molecule has 96 valence electrons. The number of nitrogens with one attached hydrogen (secondary N) is 1. The minimum atomic E-state index is -1.15. The fourth-order valence-electron chi connectivity index (χ4n) is 1.42. The van der Waals surface area contributed by atoms with Crippen molar-refractivity contribution in [1.82, 2.24) is 5.32 Å². The minimum Gasteiger partial charge on any atom is -0.480 e. The number of carboxylic acids is 1. The zero-order chi connectivity index (χ0) is 13.7. The highest BCUT2D eigenvalue weighted by Gasteiger charge is 2.20. The number of hydrogen-bond acceptors (Lipinski definition) is 2. The van der Waals surface area contributed by atoms with Crippen molar-refractivity contribution < 1.29 is 19.1 Å². The van der Waals surface area contributed by atoms with Crippen molar-refractivity contribution in [2.75, 3.05) is 0 Å². The Morgan fingerprint density at radius 3 is 2.67 bits per heavy atom. The second-order valence-corrected chi connectivity index (χ2v) is 4.04. The molecule has 0 aliphatic rings. The molecule has 2 N–H and O–H groups in total. The highest BCUT2D eigenvalue weighted by molar-refractivity contribution is 5.96. The van der Waals surface area contributed by atoms with Crippen molar-refractivity contribution in [3.05, 3.63) is 47.8 Å². The quantitative estimate of drug-likeness (QED) is 0.786. The predicted molar refractivity (Wildman–Crippen MR) is 64.7 cm³/mol. The summed E-state index contributed by atoms with van der Waals surface area (Å²) < 4.78 is 12.9. The molecule has 0 saturated carbocycles. The summed E-state index contributed by atoms with van der Waals surface area (Å²) >= 11 is 0. The van der Waals surface area contributed by atoms with Gasteiger partial charge in [-0.15, -0.1) is 6.58 Å². The zero-order valence-electron chi connectivity index (χ0n) is 9.94. The summed E-state index contributed by atoms with van der Waals surface area (Å²) in [5.74, 6) is -2.32. The Balaban J connectivity index is 2.78. The van der Waals surface area contributed by atoms with Crippen LogP contribution in [0, 0.1) is 5.82 Å². The van der Waals surface area contributed by atoms with Crippen LogP contribution in [0.1, 0.15) is 23.7 Å². The van der Waals surface area contributed by atoms with E-state index in [1.165, 1.54) is 18.2 Å². The molecule has 5 heteroatoms. The van der Waals surface area contributed by atoms with Crippen LogP contribution < -0.4 is 5.32 Å². The average Bonchev–Trinajstić information content (AvgIpc) is 2.27. The van der Waals surface area contributed by atoms with Gasteiger partial charge in [0.2, 0.25) is 0 Å². The third-order valence-electron chi connectivity index (χ3n) is 2.24. The molecule has 0 heterocycles. The third kappa shape index (κ3) is 4.01. The second kappa shape index (κ2) is 5.95. The van der Waals surface area contributed by atoms with E-state index in [2.05, 4.69) is 11.9 Å². The predicted octanol–water partition coefficient (Wildman–Crippen LogP) is 1.97. The van der Waals surface area contributed by atoms with Gasteiger partial charge in [0, 0.05) is 5.56 Å². The van der Waals surface area contributed by atoms with Gasteiger partial charge in [-0.05, 0) is 31.5 Å². The van der Waals surface area contributed by atoms with E-state index in [1.54, 1.807) is 6.92 Å². The Morgan fingerprint density at radius 2 is 2.17 bits per heavy atom. The van der Waals surface area contributed by atoms with E-state index < -0.39 is 23.7 Å². The Kier molecular flexibility index (Phi) is 4.59. The molecule has 0 aliphatic carbocycles. The number of rotatable bonds is 5. The molecule has 0 aliphatic heterocycles. The number of carboxylic acid groups (broad SMARTS) is 1. The van der Waals surface area contributed by atoms with Crippen LogP contribution in [0.4, 0.5) is 4.39 Å². The number of aliphatic carboxylic acids is 1. The number of carbonyl (C=O) groups is 2.